The molecule has 164 valence electrons. The van der Waals surface area contributed by atoms with Crippen LogP contribution in [0.15, 0.2) is 78.6 Å². The first-order chi connectivity index (χ1) is 15.4. The topological polar surface area (TPSA) is 49.8 Å². The van der Waals surface area contributed by atoms with E-state index in [0.29, 0.717) is 28.8 Å². The van der Waals surface area contributed by atoms with Crippen molar-refractivity contribution in [1.82, 2.24) is 4.90 Å². The van der Waals surface area contributed by atoms with E-state index in [1.54, 1.807) is 12.0 Å². The van der Waals surface area contributed by atoms with Gasteiger partial charge in [-0.1, -0.05) is 74.0 Å². The van der Waals surface area contributed by atoms with Crippen molar-refractivity contribution in [3.8, 4) is 5.75 Å². The normalized spacial score (nSPS) is 16.2. The number of ether oxygens (including phenoxy) is 1. The molecule has 4 nitrogen and oxygen atoms in total. The van der Waals surface area contributed by atoms with Crippen LogP contribution in [-0.4, -0.2) is 23.0 Å². The molecule has 0 aromatic heterocycles. The summed E-state index contributed by atoms with van der Waals surface area (Å²) in [6.45, 7) is 4.65. The Morgan fingerprint density at radius 3 is 2.16 bits per heavy atom. The number of carbonyl (C=O) groups is 1. The van der Waals surface area contributed by atoms with Crippen LogP contribution in [0.5, 0.6) is 5.75 Å². The Labute approximate surface area is 193 Å². The highest BCUT2D eigenvalue weighted by atomic mass is 35.5. The standard InChI is InChI=1S/C27H26ClNO3/c1-17(2)19-6-8-21(9-7-19)25-24(20-10-14-23(32-3)15-11-20)26(30)27(31)29(25)16-18-4-12-22(28)13-5-18/h4-15,17,25,30H,16H2,1-3H3/t25-/m0/s1. The fourth-order valence-electron chi connectivity index (χ4n) is 4.08. The fraction of sp³-hybridized carbons (Fsp3) is 0.222. The van der Waals surface area contributed by atoms with Gasteiger partial charge in [0.1, 0.15) is 5.75 Å². The minimum atomic E-state index is -0.409. The van der Waals surface area contributed by atoms with Gasteiger partial charge in [0.2, 0.25) is 0 Å². The van der Waals surface area contributed by atoms with Crippen LogP contribution in [0.25, 0.3) is 5.57 Å². The molecule has 0 saturated heterocycles. The summed E-state index contributed by atoms with van der Waals surface area (Å²) in [5.41, 5.74) is 4.50. The maximum absolute atomic E-state index is 13.2. The summed E-state index contributed by atoms with van der Waals surface area (Å²) in [7, 11) is 1.61. The lowest BCUT2D eigenvalue weighted by Gasteiger charge is -2.28. The minimum absolute atomic E-state index is 0.220. The molecule has 0 bridgehead atoms. The average molecular weight is 448 g/mol. The molecule has 1 N–H and O–H groups in total. The molecule has 1 aliphatic rings. The Kier molecular flexibility index (Phi) is 6.24. The van der Waals surface area contributed by atoms with Crippen molar-refractivity contribution >= 4 is 23.1 Å². The molecule has 0 spiro atoms. The lowest BCUT2D eigenvalue weighted by atomic mass is 9.91. The first-order valence-corrected chi connectivity index (χ1v) is 11.0. The second-order valence-electron chi connectivity index (χ2n) is 8.27. The van der Waals surface area contributed by atoms with Gasteiger partial charge in [-0.3, -0.25) is 4.79 Å². The van der Waals surface area contributed by atoms with Crippen LogP contribution in [0, 0.1) is 0 Å². The molecule has 0 saturated carbocycles. The monoisotopic (exact) mass is 447 g/mol. The first-order valence-electron chi connectivity index (χ1n) is 10.6. The van der Waals surface area contributed by atoms with Crippen LogP contribution < -0.4 is 4.74 Å². The van der Waals surface area contributed by atoms with Crippen LogP contribution >= 0.6 is 11.6 Å². The van der Waals surface area contributed by atoms with Crippen molar-refractivity contribution in [2.45, 2.75) is 32.4 Å². The zero-order valence-corrected chi connectivity index (χ0v) is 19.1. The number of amides is 1. The number of nitrogens with zero attached hydrogens (tertiary/aromatic N) is 1. The van der Waals surface area contributed by atoms with Gasteiger partial charge in [0.15, 0.2) is 5.76 Å². The zero-order valence-electron chi connectivity index (χ0n) is 18.4. The molecule has 1 amide bonds. The molecule has 1 aliphatic heterocycles. The molecule has 32 heavy (non-hydrogen) atoms. The number of benzene rings is 3. The molecule has 0 fully saturated rings. The van der Waals surface area contributed by atoms with Crippen LogP contribution in [0.3, 0.4) is 0 Å². The Bertz CT molecular complexity index is 1130. The third kappa shape index (κ3) is 4.23. The van der Waals surface area contributed by atoms with Gasteiger partial charge < -0.3 is 14.7 Å². The molecule has 4 rings (SSSR count). The van der Waals surface area contributed by atoms with Crippen LogP contribution in [0.4, 0.5) is 0 Å². The van der Waals surface area contributed by atoms with Gasteiger partial charge in [-0.05, 0) is 52.4 Å². The number of aliphatic hydroxyl groups excluding tert-OH is 1. The number of carbonyl (C=O) groups excluding carboxylic acids is 1. The second kappa shape index (κ2) is 9.09. The van der Waals surface area contributed by atoms with E-state index in [0.717, 1.165) is 16.7 Å². The maximum Gasteiger partial charge on any atom is 0.290 e. The molecule has 1 atom stereocenters. The molecule has 3 aromatic rings. The molecule has 5 heteroatoms. The third-order valence-electron chi connectivity index (χ3n) is 5.89. The maximum atomic E-state index is 13.2. The van der Waals surface area contributed by atoms with Gasteiger partial charge in [-0.25, -0.2) is 0 Å². The van der Waals surface area contributed by atoms with Crippen molar-refractivity contribution in [1.29, 1.82) is 0 Å². The van der Waals surface area contributed by atoms with Gasteiger partial charge >= 0.3 is 0 Å². The van der Waals surface area contributed by atoms with Crippen molar-refractivity contribution in [2.24, 2.45) is 0 Å². The quantitative estimate of drug-likeness (QED) is 0.467. The van der Waals surface area contributed by atoms with Crippen molar-refractivity contribution in [2.75, 3.05) is 7.11 Å². The number of aliphatic hydroxyl groups is 1. The predicted octanol–water partition coefficient (Wildman–Crippen LogP) is 6.52. The first kappa shape index (κ1) is 22.0. The Hall–Kier alpha value is -3.24. The van der Waals surface area contributed by atoms with E-state index in [1.165, 1.54) is 5.56 Å². The molecular formula is C27H26ClNO3. The van der Waals surface area contributed by atoms with Gasteiger partial charge in [-0.2, -0.15) is 0 Å². The SMILES string of the molecule is COc1ccc(C2=C(O)C(=O)N(Cc3ccc(Cl)cc3)[C@H]2c2ccc(C(C)C)cc2)cc1. The van der Waals surface area contributed by atoms with E-state index >= 15 is 0 Å². The largest absolute Gasteiger partial charge is 0.503 e. The molecule has 0 aliphatic carbocycles. The summed E-state index contributed by atoms with van der Waals surface area (Å²) in [4.78, 5) is 14.9. The summed E-state index contributed by atoms with van der Waals surface area (Å²) >= 11 is 6.03. The second-order valence-corrected chi connectivity index (χ2v) is 8.71. The number of halogens is 1. The van der Waals surface area contributed by atoms with E-state index in [1.807, 2.05) is 60.7 Å². The predicted molar refractivity (Wildman–Crippen MR) is 128 cm³/mol. The van der Waals surface area contributed by atoms with E-state index in [-0.39, 0.29) is 11.7 Å². The lowest BCUT2D eigenvalue weighted by Crippen LogP contribution is -2.29. The van der Waals surface area contributed by atoms with E-state index in [9.17, 15) is 9.90 Å². The zero-order chi connectivity index (χ0) is 22.8. The summed E-state index contributed by atoms with van der Waals surface area (Å²) < 4.78 is 5.27. The molecule has 1 heterocycles. The van der Waals surface area contributed by atoms with Crippen molar-refractivity contribution in [3.05, 3.63) is 106 Å². The van der Waals surface area contributed by atoms with Gasteiger partial charge in [0.05, 0.1) is 13.2 Å². The minimum Gasteiger partial charge on any atom is -0.503 e. The highest BCUT2D eigenvalue weighted by molar-refractivity contribution is 6.30. The summed E-state index contributed by atoms with van der Waals surface area (Å²) in [6, 6.07) is 22.7. The van der Waals surface area contributed by atoms with E-state index in [2.05, 4.69) is 26.0 Å². The third-order valence-corrected chi connectivity index (χ3v) is 6.14. The van der Waals surface area contributed by atoms with Crippen molar-refractivity contribution < 1.29 is 14.6 Å². The Morgan fingerprint density at radius 1 is 0.969 bits per heavy atom. The molecule has 0 radical (unpaired) electrons. The van der Waals surface area contributed by atoms with E-state index in [4.69, 9.17) is 16.3 Å². The smallest absolute Gasteiger partial charge is 0.290 e. The number of hydrogen-bond donors (Lipinski definition) is 1. The average Bonchev–Trinajstić information content (AvgIpc) is 3.05. The molecular weight excluding hydrogens is 422 g/mol. The highest BCUT2D eigenvalue weighted by Crippen LogP contribution is 2.44. The van der Waals surface area contributed by atoms with Crippen molar-refractivity contribution in [3.63, 3.8) is 0 Å². The number of rotatable bonds is 6. The van der Waals surface area contributed by atoms with Crippen LogP contribution in [-0.2, 0) is 11.3 Å². The van der Waals surface area contributed by atoms with E-state index < -0.39 is 6.04 Å². The van der Waals surface area contributed by atoms with Gasteiger partial charge in [-0.15, -0.1) is 0 Å². The summed E-state index contributed by atoms with van der Waals surface area (Å²) in [5.74, 6) is 0.518. The summed E-state index contributed by atoms with van der Waals surface area (Å²) in [6.07, 6.45) is 0. The van der Waals surface area contributed by atoms with Gasteiger partial charge in [0.25, 0.3) is 5.91 Å². The van der Waals surface area contributed by atoms with Gasteiger partial charge in [0, 0.05) is 17.1 Å². The van der Waals surface area contributed by atoms with Crippen LogP contribution in [0.1, 0.15) is 48.1 Å². The van der Waals surface area contributed by atoms with Crippen LogP contribution in [0.2, 0.25) is 5.02 Å². The fourth-order valence-corrected chi connectivity index (χ4v) is 4.20. The Balaban J connectivity index is 1.78. The number of hydrogen-bond acceptors (Lipinski definition) is 3. The lowest BCUT2D eigenvalue weighted by molar-refractivity contribution is -0.130. The molecule has 3 aromatic carbocycles. The summed E-state index contributed by atoms with van der Waals surface area (Å²) in [5, 5.41) is 11.6. The highest BCUT2D eigenvalue weighted by Gasteiger charge is 2.41. The molecule has 0 unspecified atom stereocenters. The number of methoxy groups -OCH3 is 1. The Morgan fingerprint density at radius 2 is 1.59 bits per heavy atom.